The van der Waals surface area contributed by atoms with Crippen LogP contribution in [0.15, 0.2) is 126 Å². The molecule has 0 N–H and O–H groups in total. The lowest BCUT2D eigenvalue weighted by Crippen LogP contribution is -2.21. The van der Waals surface area contributed by atoms with E-state index in [1.807, 2.05) is 64.2 Å². The van der Waals surface area contributed by atoms with Crippen molar-refractivity contribution in [2.75, 3.05) is 13.2 Å². The molecule has 0 aliphatic heterocycles. The van der Waals surface area contributed by atoms with E-state index in [9.17, 15) is 14.9 Å². The Hall–Kier alpha value is -5.51. The Morgan fingerprint density at radius 2 is 1.23 bits per heavy atom. The monoisotopic (exact) mass is 779 g/mol. The first kappa shape index (κ1) is 44.2. The third-order valence-electron chi connectivity index (χ3n) is 10.2. The van der Waals surface area contributed by atoms with Crippen LogP contribution in [0, 0.1) is 11.3 Å². The summed E-state index contributed by atoms with van der Waals surface area (Å²) in [6.45, 7) is 21.3. The minimum Gasteiger partial charge on any atom is -0.463 e. The van der Waals surface area contributed by atoms with Crippen LogP contribution in [0.4, 0.5) is 0 Å². The number of hydrogen-bond acceptors (Lipinski definition) is 6. The van der Waals surface area contributed by atoms with Crippen molar-refractivity contribution in [2.24, 2.45) is 0 Å². The predicted molar refractivity (Wildman–Crippen MR) is 240 cm³/mol. The molecule has 0 bridgehead atoms. The third-order valence-corrected chi connectivity index (χ3v) is 11.1. The Kier molecular flexibility index (Phi) is 15.6. The molecule has 0 atom stereocenters. The molecule has 57 heavy (non-hydrogen) atoms. The molecule has 2 aliphatic carbocycles. The molecule has 0 amide bonds. The fraction of sp³-hybridized carbons (Fsp3) is 0.314. The van der Waals surface area contributed by atoms with E-state index in [0.717, 1.165) is 46.3 Å². The van der Waals surface area contributed by atoms with Gasteiger partial charge in [-0.2, -0.15) is 5.26 Å². The maximum atomic E-state index is 11.5. The molecule has 0 unspecified atom stereocenters. The molecule has 1 heterocycles. The zero-order valence-electron chi connectivity index (χ0n) is 35.3. The lowest BCUT2D eigenvalue weighted by Gasteiger charge is -2.32. The van der Waals surface area contributed by atoms with Gasteiger partial charge in [-0.25, -0.2) is 9.59 Å². The van der Waals surface area contributed by atoms with Crippen LogP contribution in [0.25, 0.3) is 22.3 Å². The highest BCUT2D eigenvalue weighted by molar-refractivity contribution is 7.11. The van der Waals surface area contributed by atoms with Crippen molar-refractivity contribution in [1.82, 2.24) is 0 Å². The molecule has 5 nitrogen and oxygen atoms in total. The molecule has 6 heteroatoms. The zero-order chi connectivity index (χ0) is 41.8. The summed E-state index contributed by atoms with van der Waals surface area (Å²) in [7, 11) is 0. The quantitative estimate of drug-likeness (QED) is 0.110. The highest BCUT2D eigenvalue weighted by Gasteiger charge is 2.30. The molecule has 296 valence electrons. The fourth-order valence-electron chi connectivity index (χ4n) is 6.85. The molecule has 0 fully saturated rings. The van der Waals surface area contributed by atoms with Crippen LogP contribution in [0.2, 0.25) is 0 Å². The van der Waals surface area contributed by atoms with Gasteiger partial charge in [-0.15, -0.1) is 11.3 Å². The van der Waals surface area contributed by atoms with Gasteiger partial charge in [0.1, 0.15) is 0 Å². The van der Waals surface area contributed by atoms with Gasteiger partial charge in [-0.1, -0.05) is 107 Å². The van der Waals surface area contributed by atoms with Crippen LogP contribution in [0.3, 0.4) is 0 Å². The molecule has 0 spiro atoms. The number of allylic oxidation sites excluding steroid dienone is 13. The number of esters is 2. The predicted octanol–water partition coefficient (Wildman–Crippen LogP) is 13.1. The van der Waals surface area contributed by atoms with Crippen LogP contribution in [-0.2, 0) is 29.9 Å². The van der Waals surface area contributed by atoms with Gasteiger partial charge < -0.3 is 9.47 Å². The summed E-state index contributed by atoms with van der Waals surface area (Å²) in [4.78, 5) is 24.3. The Morgan fingerprint density at radius 1 is 0.737 bits per heavy atom. The maximum Gasteiger partial charge on any atom is 0.330 e. The summed E-state index contributed by atoms with van der Waals surface area (Å²) in [5.74, 6) is -0.626. The minimum absolute atomic E-state index is 0.0424. The molecule has 2 aromatic carbocycles. The van der Waals surface area contributed by atoms with Gasteiger partial charge >= 0.3 is 11.9 Å². The smallest absolute Gasteiger partial charge is 0.330 e. The van der Waals surface area contributed by atoms with Crippen LogP contribution in [0.1, 0.15) is 120 Å². The molecule has 0 radical (unpaired) electrons. The standard InChI is InChI=1S/C27H30O2S.C24H27NO2/c1-6-29-26(28)17-19(2)9-7-10-20(3)21-12-13-24-23(18-21)22(14-15-27(24,4)5)25-11-8-16-30-25;1-6-27-23(26)14-17(2)8-7-9-18(3)19-10-11-22-21(15-19)20(16-25)12-13-24(22,4)5/h7-14,16-18H,6,15H2,1-5H3;7-12,14-15H,6,13H2,1-5H3/b9-7+,19-17+,20-10+;8-7+,17-14+,18-9+. The Labute approximate surface area is 344 Å². The number of nitriles is 1. The average molecular weight is 780 g/mol. The lowest BCUT2D eigenvalue weighted by molar-refractivity contribution is -0.138. The van der Waals surface area contributed by atoms with Crippen molar-refractivity contribution in [3.63, 3.8) is 0 Å². The second-order valence-corrected chi connectivity index (χ2v) is 16.7. The van der Waals surface area contributed by atoms with Crippen molar-refractivity contribution in [3.8, 4) is 6.07 Å². The number of rotatable bonds is 11. The van der Waals surface area contributed by atoms with E-state index in [-0.39, 0.29) is 22.8 Å². The SMILES string of the molecule is CCOC(=O)/C=C(C)/C=C/C=C(\C)c1ccc2c(c1)C(C#N)=CCC2(C)C.CCOC(=O)/C=C(C)/C=C/C=C(\C)c1ccc2c(c1)C(c1cccs1)=CCC2(C)C. The van der Waals surface area contributed by atoms with Gasteiger partial charge in [-0.3, -0.25) is 0 Å². The van der Waals surface area contributed by atoms with Gasteiger partial charge in [0.25, 0.3) is 0 Å². The van der Waals surface area contributed by atoms with E-state index in [4.69, 9.17) is 9.47 Å². The molecule has 1 aromatic heterocycles. The van der Waals surface area contributed by atoms with Gasteiger partial charge in [0, 0.05) is 17.0 Å². The number of thiophene rings is 1. The van der Waals surface area contributed by atoms with E-state index >= 15 is 0 Å². The summed E-state index contributed by atoms with van der Waals surface area (Å²) >= 11 is 1.79. The van der Waals surface area contributed by atoms with Crippen molar-refractivity contribution in [2.45, 2.75) is 92.9 Å². The van der Waals surface area contributed by atoms with Crippen LogP contribution in [0.5, 0.6) is 0 Å². The molecule has 2 aliphatic rings. The third kappa shape index (κ3) is 12.0. The van der Waals surface area contributed by atoms with Gasteiger partial charge in [0.05, 0.1) is 24.9 Å². The van der Waals surface area contributed by atoms with E-state index in [1.165, 1.54) is 50.4 Å². The number of hydrogen-bond donors (Lipinski definition) is 0. The van der Waals surface area contributed by atoms with E-state index in [2.05, 4.69) is 107 Å². The van der Waals surface area contributed by atoms with Gasteiger partial charge in [0.2, 0.25) is 0 Å². The summed E-state index contributed by atoms with van der Waals surface area (Å²) in [6.07, 6.45) is 21.2. The topological polar surface area (TPSA) is 76.4 Å². The first-order valence-corrected chi connectivity index (χ1v) is 20.5. The first-order valence-electron chi connectivity index (χ1n) is 19.6. The van der Waals surface area contributed by atoms with E-state index < -0.39 is 0 Å². The highest BCUT2D eigenvalue weighted by atomic mass is 32.1. The number of ether oxygens (including phenoxy) is 2. The van der Waals surface area contributed by atoms with Crippen molar-refractivity contribution in [3.05, 3.63) is 164 Å². The number of benzene rings is 2. The van der Waals surface area contributed by atoms with E-state index in [0.29, 0.717) is 13.2 Å². The number of carbonyl (C=O) groups is 2. The second kappa shape index (κ2) is 20.1. The molecule has 3 aromatic rings. The summed E-state index contributed by atoms with van der Waals surface area (Å²) < 4.78 is 9.85. The Balaban J connectivity index is 0.000000254. The lowest BCUT2D eigenvalue weighted by atomic mass is 9.72. The minimum atomic E-state index is -0.325. The normalized spacial score (nSPS) is 16.4. The van der Waals surface area contributed by atoms with Crippen molar-refractivity contribution < 1.29 is 19.1 Å². The second-order valence-electron chi connectivity index (χ2n) is 15.7. The molecule has 5 rings (SSSR count). The number of nitrogens with zero attached hydrogens (tertiary/aromatic N) is 1. The Morgan fingerprint density at radius 3 is 1.70 bits per heavy atom. The number of fused-ring (bicyclic) bond motifs is 2. The highest BCUT2D eigenvalue weighted by Crippen LogP contribution is 2.43. The summed E-state index contributed by atoms with van der Waals surface area (Å²) in [5, 5.41) is 11.6. The first-order chi connectivity index (χ1) is 27.1. The van der Waals surface area contributed by atoms with Crippen molar-refractivity contribution >= 4 is 45.6 Å². The largest absolute Gasteiger partial charge is 0.463 e. The average Bonchev–Trinajstić information content (AvgIpc) is 3.70. The van der Waals surface area contributed by atoms with E-state index in [1.54, 1.807) is 18.3 Å². The molecule has 0 saturated carbocycles. The maximum absolute atomic E-state index is 11.5. The Bertz CT molecular complexity index is 2240. The van der Waals surface area contributed by atoms with Crippen LogP contribution >= 0.6 is 11.3 Å². The van der Waals surface area contributed by atoms with Crippen molar-refractivity contribution in [1.29, 1.82) is 5.26 Å². The molecular weight excluding hydrogens is 723 g/mol. The summed E-state index contributed by atoms with van der Waals surface area (Å²) in [6, 6.07) is 19.8. The zero-order valence-corrected chi connectivity index (χ0v) is 36.1. The summed E-state index contributed by atoms with van der Waals surface area (Å²) in [5.41, 5.74) is 13.6. The van der Waals surface area contributed by atoms with Crippen LogP contribution < -0.4 is 0 Å². The van der Waals surface area contributed by atoms with Gasteiger partial charge in [0.15, 0.2) is 0 Å². The fourth-order valence-corrected chi connectivity index (χ4v) is 7.63. The van der Waals surface area contributed by atoms with Crippen LogP contribution in [-0.4, -0.2) is 25.2 Å². The number of carbonyl (C=O) groups excluding carboxylic acids is 2. The van der Waals surface area contributed by atoms with Gasteiger partial charge in [-0.05, 0) is 150 Å². The molecular formula is C51H57NO4S. The molecule has 0 saturated heterocycles.